The molecule has 38 heavy (non-hydrogen) atoms. The lowest BCUT2D eigenvalue weighted by Gasteiger charge is -2.42. The lowest BCUT2D eigenvalue weighted by Crippen LogP contribution is -2.48. The fraction of sp³-hybridized carbons (Fsp3) is 0.226. The molecule has 3 aromatic rings. The van der Waals surface area contributed by atoms with Gasteiger partial charge in [0.05, 0.1) is 30.9 Å². The molecule has 1 amide bonds. The Morgan fingerprint density at radius 3 is 2.76 bits per heavy atom. The van der Waals surface area contributed by atoms with Crippen LogP contribution >= 0.6 is 11.3 Å². The number of hydrogen-bond donors (Lipinski definition) is 2. The molecule has 1 saturated heterocycles. The van der Waals surface area contributed by atoms with Crippen molar-refractivity contribution in [3.05, 3.63) is 112 Å². The van der Waals surface area contributed by atoms with Gasteiger partial charge in [0.2, 0.25) is 0 Å². The summed E-state index contributed by atoms with van der Waals surface area (Å²) in [5.74, 6) is -0.265. The van der Waals surface area contributed by atoms with Crippen molar-refractivity contribution in [3.63, 3.8) is 0 Å². The fourth-order valence-corrected chi connectivity index (χ4v) is 6.37. The molecular weight excluding hydrogens is 494 g/mol. The van der Waals surface area contributed by atoms with Crippen molar-refractivity contribution in [2.75, 3.05) is 25.1 Å². The van der Waals surface area contributed by atoms with E-state index in [4.69, 9.17) is 4.74 Å². The second kappa shape index (κ2) is 10.4. The molecule has 192 valence electrons. The highest BCUT2D eigenvalue weighted by Gasteiger charge is 2.39. The standard InChI is InChI=1S/C31H29N3O3S/c1-20-15-28(38-19-20)25-6-2-3-7-26(25)31(36)33-23-11-9-21(10-12-23)30(35)27-8-4-5-22-16-32-17-24-18-37-14-13-34(24)29(22)27/h2-7,9-12,15-17,19,27,29,32H,8,13-14,18H2,1H3,(H,33,36). The van der Waals surface area contributed by atoms with Gasteiger partial charge in [-0.25, -0.2) is 0 Å². The average molecular weight is 524 g/mol. The molecule has 2 N–H and O–H groups in total. The summed E-state index contributed by atoms with van der Waals surface area (Å²) in [6, 6.07) is 17.0. The van der Waals surface area contributed by atoms with Crippen molar-refractivity contribution in [2.45, 2.75) is 19.4 Å². The lowest BCUT2D eigenvalue weighted by atomic mass is 9.79. The molecule has 2 atom stereocenters. The second-order valence-electron chi connectivity index (χ2n) is 9.81. The van der Waals surface area contributed by atoms with Crippen LogP contribution in [-0.4, -0.2) is 42.4 Å². The monoisotopic (exact) mass is 523 g/mol. The second-order valence-corrected chi connectivity index (χ2v) is 10.7. The van der Waals surface area contributed by atoms with Gasteiger partial charge in [0, 0.05) is 46.2 Å². The number of aryl methyl sites for hydroxylation is 1. The summed E-state index contributed by atoms with van der Waals surface area (Å²) >= 11 is 1.63. The predicted octanol–water partition coefficient (Wildman–Crippen LogP) is 5.76. The van der Waals surface area contributed by atoms with E-state index in [-0.39, 0.29) is 23.7 Å². The quantitative estimate of drug-likeness (QED) is 0.416. The van der Waals surface area contributed by atoms with Gasteiger partial charge in [0.1, 0.15) is 0 Å². The molecule has 6 nitrogen and oxygen atoms in total. The summed E-state index contributed by atoms with van der Waals surface area (Å²) in [5, 5.41) is 8.35. The maximum atomic E-state index is 13.8. The molecule has 3 aliphatic rings. The Hall–Kier alpha value is -3.94. The highest BCUT2D eigenvalue weighted by molar-refractivity contribution is 7.13. The summed E-state index contributed by atoms with van der Waals surface area (Å²) in [6.07, 6.45) is 8.83. The van der Waals surface area contributed by atoms with E-state index in [1.165, 1.54) is 5.56 Å². The Labute approximate surface area is 226 Å². The van der Waals surface area contributed by atoms with Crippen molar-refractivity contribution < 1.29 is 14.3 Å². The van der Waals surface area contributed by atoms with E-state index in [0.717, 1.165) is 28.3 Å². The van der Waals surface area contributed by atoms with Crippen LogP contribution in [0.4, 0.5) is 5.69 Å². The third-order valence-electron chi connectivity index (χ3n) is 7.29. The van der Waals surface area contributed by atoms with Gasteiger partial charge < -0.3 is 20.3 Å². The number of carbonyl (C=O) groups is 2. The number of carbonyl (C=O) groups excluding carboxylic acids is 2. The van der Waals surface area contributed by atoms with Gasteiger partial charge in [0.25, 0.3) is 5.91 Å². The van der Waals surface area contributed by atoms with E-state index in [1.807, 2.05) is 60.9 Å². The molecule has 1 aliphatic carbocycles. The number of benzene rings is 2. The summed E-state index contributed by atoms with van der Waals surface area (Å²) in [4.78, 5) is 30.3. The molecule has 3 heterocycles. The number of nitrogens with zero attached hydrogens (tertiary/aromatic N) is 1. The Balaban J connectivity index is 1.20. The number of anilines is 1. The zero-order valence-electron chi connectivity index (χ0n) is 21.1. The van der Waals surface area contributed by atoms with Gasteiger partial charge in [-0.1, -0.05) is 30.4 Å². The number of amides is 1. The minimum atomic E-state index is -0.200. The molecule has 1 fully saturated rings. The highest BCUT2D eigenvalue weighted by Crippen LogP contribution is 2.35. The predicted molar refractivity (Wildman–Crippen MR) is 151 cm³/mol. The highest BCUT2D eigenvalue weighted by atomic mass is 32.1. The molecule has 1 aromatic heterocycles. The third-order valence-corrected chi connectivity index (χ3v) is 8.37. The topological polar surface area (TPSA) is 70.7 Å². The van der Waals surface area contributed by atoms with E-state index >= 15 is 0 Å². The summed E-state index contributed by atoms with van der Waals surface area (Å²) < 4.78 is 5.65. The number of fused-ring (bicyclic) bond motifs is 3. The smallest absolute Gasteiger partial charge is 0.256 e. The molecule has 0 saturated carbocycles. The number of hydrogen-bond acceptors (Lipinski definition) is 6. The van der Waals surface area contributed by atoms with Gasteiger partial charge in [0.15, 0.2) is 5.78 Å². The van der Waals surface area contributed by atoms with Crippen molar-refractivity contribution in [1.82, 2.24) is 10.2 Å². The largest absolute Gasteiger partial charge is 0.373 e. The van der Waals surface area contributed by atoms with E-state index < -0.39 is 0 Å². The van der Waals surface area contributed by atoms with Gasteiger partial charge in [-0.3, -0.25) is 9.59 Å². The lowest BCUT2D eigenvalue weighted by molar-refractivity contribution is 0.0455. The number of nitrogens with one attached hydrogen (secondary N) is 2. The normalized spacial score (nSPS) is 20.3. The van der Waals surface area contributed by atoms with E-state index in [2.05, 4.69) is 46.1 Å². The molecule has 2 aromatic carbocycles. The zero-order valence-corrected chi connectivity index (χ0v) is 22.0. The van der Waals surface area contributed by atoms with Crippen LogP contribution < -0.4 is 10.6 Å². The number of rotatable bonds is 5. The van der Waals surface area contributed by atoms with Gasteiger partial charge in [-0.2, -0.15) is 0 Å². The van der Waals surface area contributed by atoms with Crippen LogP contribution in [0.2, 0.25) is 0 Å². The number of thiophene rings is 1. The average Bonchev–Trinajstić information content (AvgIpc) is 3.29. The molecular formula is C31H29N3O3S. The third kappa shape index (κ3) is 4.71. The van der Waals surface area contributed by atoms with Crippen molar-refractivity contribution >= 4 is 28.7 Å². The first-order valence-electron chi connectivity index (χ1n) is 12.8. The molecule has 0 bridgehead atoms. The van der Waals surface area contributed by atoms with Crippen LogP contribution in [0.5, 0.6) is 0 Å². The fourth-order valence-electron chi connectivity index (χ4n) is 5.43. The Morgan fingerprint density at radius 1 is 1.11 bits per heavy atom. The molecule has 6 rings (SSSR count). The van der Waals surface area contributed by atoms with Crippen LogP contribution in [0.25, 0.3) is 10.4 Å². The number of allylic oxidation sites excluding steroid dienone is 1. The minimum absolute atomic E-state index is 0.0329. The molecule has 0 radical (unpaired) electrons. The van der Waals surface area contributed by atoms with E-state index in [0.29, 0.717) is 36.4 Å². The van der Waals surface area contributed by atoms with Gasteiger partial charge in [-0.05, 0) is 66.3 Å². The Morgan fingerprint density at radius 2 is 1.95 bits per heavy atom. The van der Waals surface area contributed by atoms with Crippen LogP contribution in [0.3, 0.4) is 0 Å². The van der Waals surface area contributed by atoms with Crippen LogP contribution in [0, 0.1) is 12.8 Å². The molecule has 7 heteroatoms. The summed E-state index contributed by atoms with van der Waals surface area (Å²) in [5.41, 5.74) is 6.19. The first-order chi connectivity index (χ1) is 18.6. The maximum Gasteiger partial charge on any atom is 0.256 e. The van der Waals surface area contributed by atoms with Crippen molar-refractivity contribution in [2.24, 2.45) is 5.92 Å². The summed E-state index contributed by atoms with van der Waals surface area (Å²) in [7, 11) is 0. The SMILES string of the molecule is Cc1csc(-c2ccccc2C(=O)Nc2ccc(C(=O)C3CC=CC4=CNC=C5COCCN5C43)cc2)c1. The van der Waals surface area contributed by atoms with Crippen molar-refractivity contribution in [1.29, 1.82) is 0 Å². The number of ketones is 1. The first kappa shape index (κ1) is 24.4. The van der Waals surface area contributed by atoms with Gasteiger partial charge in [-0.15, -0.1) is 11.3 Å². The van der Waals surface area contributed by atoms with Crippen LogP contribution in [-0.2, 0) is 4.74 Å². The number of morpholine rings is 1. The van der Waals surface area contributed by atoms with Gasteiger partial charge >= 0.3 is 0 Å². The maximum absolute atomic E-state index is 13.8. The van der Waals surface area contributed by atoms with E-state index in [1.54, 1.807) is 11.3 Å². The minimum Gasteiger partial charge on any atom is -0.373 e. The number of ether oxygens (including phenoxy) is 1. The van der Waals surface area contributed by atoms with Crippen LogP contribution in [0.15, 0.2) is 95.8 Å². The molecule has 0 spiro atoms. The Kier molecular flexibility index (Phi) is 6.70. The zero-order chi connectivity index (χ0) is 26.1. The van der Waals surface area contributed by atoms with Crippen LogP contribution in [0.1, 0.15) is 32.7 Å². The Bertz CT molecular complexity index is 1470. The molecule has 2 aliphatic heterocycles. The van der Waals surface area contributed by atoms with Crippen molar-refractivity contribution in [3.8, 4) is 10.4 Å². The summed E-state index contributed by atoms with van der Waals surface area (Å²) in [6.45, 7) is 3.99. The first-order valence-corrected chi connectivity index (χ1v) is 13.7. The number of Topliss-reactive ketones (excluding diaryl/α,β-unsaturated/α-hetero) is 1. The molecule has 2 unspecified atom stereocenters. The van der Waals surface area contributed by atoms with E-state index in [9.17, 15) is 9.59 Å².